The number of hydrogen-bond acceptors (Lipinski definition) is 5. The van der Waals surface area contributed by atoms with Crippen LogP contribution in [0.2, 0.25) is 0 Å². The molecule has 0 spiro atoms. The molecule has 1 aliphatic heterocycles. The molecule has 1 aromatic heterocycles. The average Bonchev–Trinajstić information content (AvgIpc) is 2.67. The van der Waals surface area contributed by atoms with Gasteiger partial charge in [-0.3, -0.25) is 4.79 Å². The second-order valence-electron chi connectivity index (χ2n) is 6.28. The molecule has 0 radical (unpaired) electrons. The molecule has 1 saturated heterocycles. The molecule has 2 heterocycles. The summed E-state index contributed by atoms with van der Waals surface area (Å²) in [5.41, 5.74) is 1.06. The van der Waals surface area contributed by atoms with Crippen LogP contribution in [0.4, 0.5) is 10.2 Å². The van der Waals surface area contributed by atoms with Crippen molar-refractivity contribution in [1.29, 1.82) is 0 Å². The van der Waals surface area contributed by atoms with Crippen LogP contribution >= 0.6 is 0 Å². The third-order valence-corrected chi connectivity index (χ3v) is 4.30. The Balaban J connectivity index is 1.77. The first kappa shape index (κ1) is 18.1. The minimum Gasteiger partial charge on any atom is -0.494 e. The molecule has 0 N–H and O–H groups in total. The van der Waals surface area contributed by atoms with Crippen molar-refractivity contribution < 1.29 is 18.7 Å². The van der Waals surface area contributed by atoms with Crippen LogP contribution in [-0.2, 0) is 4.74 Å². The Labute approximate surface area is 152 Å². The maximum absolute atomic E-state index is 13.9. The fourth-order valence-electron chi connectivity index (χ4n) is 2.86. The summed E-state index contributed by atoms with van der Waals surface area (Å²) in [7, 11) is 5.23. The Morgan fingerprint density at radius 2 is 2.15 bits per heavy atom. The van der Waals surface area contributed by atoms with Crippen molar-refractivity contribution in [3.05, 3.63) is 53.5 Å². The van der Waals surface area contributed by atoms with Gasteiger partial charge >= 0.3 is 0 Å². The van der Waals surface area contributed by atoms with Gasteiger partial charge in [0.15, 0.2) is 11.6 Å². The standard InChI is InChI=1S/C19H22FN3O3/c1-22(2)18-6-4-5-15(21-18)17-12-23(9-10-26-17)19(24)13-7-8-16(25-3)14(20)11-13/h4-8,11,17H,9-10,12H2,1-3H3. The number of benzene rings is 1. The SMILES string of the molecule is COc1ccc(C(=O)N2CCOC(c3cccc(N(C)C)n3)C2)cc1F. The highest BCUT2D eigenvalue weighted by Crippen LogP contribution is 2.25. The Kier molecular flexibility index (Phi) is 5.37. The van der Waals surface area contributed by atoms with Gasteiger partial charge in [-0.25, -0.2) is 9.37 Å². The number of nitrogens with zero attached hydrogens (tertiary/aromatic N) is 3. The van der Waals surface area contributed by atoms with Gasteiger partial charge in [-0.2, -0.15) is 0 Å². The summed E-state index contributed by atoms with van der Waals surface area (Å²) >= 11 is 0. The number of morpholine rings is 1. The van der Waals surface area contributed by atoms with E-state index in [9.17, 15) is 9.18 Å². The van der Waals surface area contributed by atoms with Crippen molar-refractivity contribution in [2.45, 2.75) is 6.10 Å². The second-order valence-corrected chi connectivity index (χ2v) is 6.28. The van der Waals surface area contributed by atoms with Crippen LogP contribution in [0, 0.1) is 5.82 Å². The van der Waals surface area contributed by atoms with Crippen LogP contribution in [0.5, 0.6) is 5.75 Å². The van der Waals surface area contributed by atoms with Crippen LogP contribution in [0.3, 0.4) is 0 Å². The lowest BCUT2D eigenvalue weighted by Gasteiger charge is -2.33. The number of rotatable bonds is 4. The summed E-state index contributed by atoms with van der Waals surface area (Å²) < 4.78 is 24.6. The summed E-state index contributed by atoms with van der Waals surface area (Å²) in [5, 5.41) is 0. The van der Waals surface area contributed by atoms with Crippen molar-refractivity contribution in [1.82, 2.24) is 9.88 Å². The van der Waals surface area contributed by atoms with Gasteiger partial charge in [0.2, 0.25) is 0 Å². The molecule has 138 valence electrons. The number of carbonyl (C=O) groups is 1. The van der Waals surface area contributed by atoms with Crippen LogP contribution in [-0.4, -0.2) is 56.7 Å². The molecule has 1 fully saturated rings. The summed E-state index contributed by atoms with van der Waals surface area (Å²) in [6.45, 7) is 1.23. The molecule has 0 aliphatic carbocycles. The molecule has 0 saturated carbocycles. The van der Waals surface area contributed by atoms with Crippen molar-refractivity contribution >= 4 is 11.7 Å². The van der Waals surface area contributed by atoms with Crippen molar-refractivity contribution in [2.75, 3.05) is 45.8 Å². The van der Waals surface area contributed by atoms with Crippen LogP contribution < -0.4 is 9.64 Å². The van der Waals surface area contributed by atoms with Gasteiger partial charge < -0.3 is 19.3 Å². The third-order valence-electron chi connectivity index (χ3n) is 4.30. The summed E-state index contributed by atoms with van der Waals surface area (Å²) in [5.74, 6) is 0.157. The second kappa shape index (κ2) is 7.70. The highest BCUT2D eigenvalue weighted by molar-refractivity contribution is 5.94. The monoisotopic (exact) mass is 359 g/mol. The van der Waals surface area contributed by atoms with E-state index in [4.69, 9.17) is 9.47 Å². The minimum atomic E-state index is -0.552. The van der Waals surface area contributed by atoms with E-state index >= 15 is 0 Å². The molecule has 26 heavy (non-hydrogen) atoms. The first-order valence-corrected chi connectivity index (χ1v) is 8.38. The van der Waals surface area contributed by atoms with Gasteiger partial charge in [0.05, 0.1) is 26.0 Å². The van der Waals surface area contributed by atoms with E-state index in [2.05, 4.69) is 4.98 Å². The van der Waals surface area contributed by atoms with Crippen molar-refractivity contribution in [3.8, 4) is 5.75 Å². The van der Waals surface area contributed by atoms with Crippen LogP contribution in [0.25, 0.3) is 0 Å². The first-order chi connectivity index (χ1) is 12.5. The lowest BCUT2D eigenvalue weighted by molar-refractivity contribution is -0.0247. The van der Waals surface area contributed by atoms with E-state index in [-0.39, 0.29) is 17.8 Å². The number of aromatic nitrogens is 1. The van der Waals surface area contributed by atoms with E-state index in [1.807, 2.05) is 37.2 Å². The third kappa shape index (κ3) is 3.77. The van der Waals surface area contributed by atoms with Gasteiger partial charge in [-0.1, -0.05) is 6.07 Å². The van der Waals surface area contributed by atoms with Crippen molar-refractivity contribution in [3.63, 3.8) is 0 Å². The maximum Gasteiger partial charge on any atom is 0.254 e. The van der Waals surface area contributed by atoms with Crippen molar-refractivity contribution in [2.24, 2.45) is 0 Å². The fourth-order valence-corrected chi connectivity index (χ4v) is 2.86. The average molecular weight is 359 g/mol. The molecular formula is C19H22FN3O3. The quantitative estimate of drug-likeness (QED) is 0.840. The Bertz CT molecular complexity index is 797. The fraction of sp³-hybridized carbons (Fsp3) is 0.368. The van der Waals surface area contributed by atoms with Gasteiger partial charge in [0.25, 0.3) is 5.91 Å². The van der Waals surface area contributed by atoms with E-state index in [0.29, 0.717) is 25.3 Å². The number of carbonyl (C=O) groups excluding carboxylic acids is 1. The number of amides is 1. The Hall–Kier alpha value is -2.67. The van der Waals surface area contributed by atoms with Crippen LogP contribution in [0.15, 0.2) is 36.4 Å². The van der Waals surface area contributed by atoms with E-state index in [0.717, 1.165) is 11.5 Å². The smallest absolute Gasteiger partial charge is 0.254 e. The highest BCUT2D eigenvalue weighted by Gasteiger charge is 2.27. The number of anilines is 1. The molecule has 1 amide bonds. The number of methoxy groups -OCH3 is 1. The molecule has 1 atom stereocenters. The largest absolute Gasteiger partial charge is 0.494 e. The highest BCUT2D eigenvalue weighted by atomic mass is 19.1. The summed E-state index contributed by atoms with van der Waals surface area (Å²) in [6.07, 6.45) is -0.310. The van der Waals surface area contributed by atoms with Gasteiger partial charge in [0, 0.05) is 26.2 Å². The molecule has 1 aliphatic rings. The summed E-state index contributed by atoms with van der Waals surface area (Å²) in [6, 6.07) is 9.95. The van der Waals surface area contributed by atoms with Gasteiger partial charge in [0.1, 0.15) is 11.9 Å². The molecular weight excluding hydrogens is 337 g/mol. The predicted octanol–water partition coefficient (Wildman–Crippen LogP) is 2.51. The van der Waals surface area contributed by atoms with Gasteiger partial charge in [-0.15, -0.1) is 0 Å². The molecule has 1 unspecified atom stereocenters. The maximum atomic E-state index is 13.9. The lowest BCUT2D eigenvalue weighted by Crippen LogP contribution is -2.42. The zero-order valence-corrected chi connectivity index (χ0v) is 15.1. The zero-order chi connectivity index (χ0) is 18.7. The number of ether oxygens (including phenoxy) is 2. The Morgan fingerprint density at radius 1 is 1.35 bits per heavy atom. The topological polar surface area (TPSA) is 54.9 Å². The minimum absolute atomic E-state index is 0.117. The predicted molar refractivity (Wildman–Crippen MR) is 96.1 cm³/mol. The molecule has 3 rings (SSSR count). The van der Waals surface area contributed by atoms with Gasteiger partial charge in [-0.05, 0) is 30.3 Å². The first-order valence-electron chi connectivity index (χ1n) is 8.38. The molecule has 0 bridgehead atoms. The van der Waals surface area contributed by atoms with E-state index in [1.54, 1.807) is 11.0 Å². The normalized spacial score (nSPS) is 17.1. The molecule has 7 heteroatoms. The van der Waals surface area contributed by atoms with E-state index in [1.165, 1.54) is 19.2 Å². The lowest BCUT2D eigenvalue weighted by atomic mass is 10.1. The molecule has 2 aromatic rings. The number of hydrogen-bond donors (Lipinski definition) is 0. The zero-order valence-electron chi connectivity index (χ0n) is 15.1. The summed E-state index contributed by atoms with van der Waals surface area (Å²) in [4.78, 5) is 20.9. The Morgan fingerprint density at radius 3 is 2.85 bits per heavy atom. The number of halogens is 1. The van der Waals surface area contributed by atoms with E-state index < -0.39 is 5.82 Å². The van der Waals surface area contributed by atoms with Crippen LogP contribution in [0.1, 0.15) is 22.2 Å². The molecule has 1 aromatic carbocycles. The number of pyridine rings is 1. The molecule has 6 nitrogen and oxygen atoms in total.